The molecule has 0 saturated carbocycles. The summed E-state index contributed by atoms with van der Waals surface area (Å²) in [5, 5.41) is 0. The Kier molecular flexibility index (Phi) is 4.12. The van der Waals surface area contributed by atoms with Crippen LogP contribution in [0, 0.1) is 11.6 Å². The van der Waals surface area contributed by atoms with E-state index in [9.17, 15) is 8.78 Å². The molecule has 0 bridgehead atoms. The average molecular weight is 279 g/mol. The van der Waals surface area contributed by atoms with E-state index in [1.165, 1.54) is 13.2 Å². The molecule has 1 atom stereocenters. The van der Waals surface area contributed by atoms with Gasteiger partial charge in [0, 0.05) is 24.9 Å². The van der Waals surface area contributed by atoms with Crippen molar-refractivity contribution in [1.29, 1.82) is 0 Å². The third kappa shape index (κ3) is 2.84. The number of ether oxygens (including phenoxy) is 1. The number of nitrogens with zero attached hydrogens (tertiary/aromatic N) is 3. The minimum Gasteiger partial charge on any atom is -0.481 e. The zero-order chi connectivity index (χ0) is 14.7. The molecule has 0 amide bonds. The number of methoxy groups -OCH3 is 1. The second-order valence-electron chi connectivity index (χ2n) is 4.35. The maximum atomic E-state index is 13.8. The molecule has 4 nitrogen and oxygen atoms in total. The van der Waals surface area contributed by atoms with E-state index in [1.54, 1.807) is 31.1 Å². The van der Waals surface area contributed by atoms with Gasteiger partial charge in [0.25, 0.3) is 0 Å². The van der Waals surface area contributed by atoms with E-state index in [4.69, 9.17) is 4.74 Å². The fourth-order valence-corrected chi connectivity index (χ4v) is 1.83. The fourth-order valence-electron chi connectivity index (χ4n) is 1.83. The van der Waals surface area contributed by atoms with Crippen LogP contribution in [0.4, 0.5) is 14.7 Å². The first kappa shape index (κ1) is 14.2. The van der Waals surface area contributed by atoms with E-state index in [0.29, 0.717) is 11.8 Å². The molecule has 0 aliphatic rings. The number of benzene rings is 1. The van der Waals surface area contributed by atoms with Crippen molar-refractivity contribution in [3.8, 4) is 5.88 Å². The minimum absolute atomic E-state index is 0.249. The predicted molar refractivity (Wildman–Crippen MR) is 71.8 cm³/mol. The van der Waals surface area contributed by atoms with Gasteiger partial charge in [0.1, 0.15) is 11.6 Å². The van der Waals surface area contributed by atoms with Gasteiger partial charge in [0.05, 0.1) is 13.2 Å². The number of hydrogen-bond acceptors (Lipinski definition) is 4. The van der Waals surface area contributed by atoms with Crippen molar-refractivity contribution in [3.63, 3.8) is 0 Å². The van der Waals surface area contributed by atoms with Crippen LogP contribution >= 0.6 is 0 Å². The van der Waals surface area contributed by atoms with Gasteiger partial charge in [-0.15, -0.1) is 0 Å². The molecule has 0 saturated heterocycles. The van der Waals surface area contributed by atoms with Crippen LogP contribution < -0.4 is 9.64 Å². The Morgan fingerprint density at radius 3 is 2.70 bits per heavy atom. The second kappa shape index (κ2) is 5.81. The molecular weight excluding hydrogens is 264 g/mol. The van der Waals surface area contributed by atoms with E-state index in [-0.39, 0.29) is 5.56 Å². The Balaban J connectivity index is 2.31. The van der Waals surface area contributed by atoms with Crippen LogP contribution in [0.25, 0.3) is 0 Å². The normalized spacial score (nSPS) is 12.1. The number of aromatic nitrogens is 2. The lowest BCUT2D eigenvalue weighted by Crippen LogP contribution is -2.24. The van der Waals surface area contributed by atoms with Gasteiger partial charge in [0.15, 0.2) is 0 Å². The maximum Gasteiger partial charge on any atom is 0.228 e. The van der Waals surface area contributed by atoms with Crippen molar-refractivity contribution in [2.24, 2.45) is 0 Å². The Hall–Kier alpha value is -2.24. The Morgan fingerprint density at radius 1 is 1.25 bits per heavy atom. The van der Waals surface area contributed by atoms with Crippen molar-refractivity contribution >= 4 is 5.95 Å². The van der Waals surface area contributed by atoms with E-state index < -0.39 is 17.7 Å². The van der Waals surface area contributed by atoms with Gasteiger partial charge < -0.3 is 9.64 Å². The lowest BCUT2D eigenvalue weighted by molar-refractivity contribution is 0.396. The van der Waals surface area contributed by atoms with Crippen LogP contribution in [0.3, 0.4) is 0 Å². The molecule has 1 aromatic heterocycles. The third-order valence-corrected chi connectivity index (χ3v) is 3.13. The molecule has 1 heterocycles. The Bertz CT molecular complexity index is 607. The highest BCUT2D eigenvalue weighted by atomic mass is 19.1. The summed E-state index contributed by atoms with van der Waals surface area (Å²) in [4.78, 5) is 9.92. The van der Waals surface area contributed by atoms with Gasteiger partial charge in [-0.3, -0.25) is 0 Å². The largest absolute Gasteiger partial charge is 0.481 e. The quantitative estimate of drug-likeness (QED) is 0.862. The van der Waals surface area contributed by atoms with Crippen LogP contribution in [0.15, 0.2) is 30.5 Å². The van der Waals surface area contributed by atoms with Crippen molar-refractivity contribution in [1.82, 2.24) is 9.97 Å². The highest BCUT2D eigenvalue weighted by Gasteiger charge is 2.19. The van der Waals surface area contributed by atoms with Gasteiger partial charge in [0.2, 0.25) is 11.8 Å². The number of hydrogen-bond donors (Lipinski definition) is 0. The van der Waals surface area contributed by atoms with Crippen LogP contribution in [0.5, 0.6) is 5.88 Å². The first-order valence-corrected chi connectivity index (χ1v) is 6.07. The van der Waals surface area contributed by atoms with Crippen molar-refractivity contribution in [2.75, 3.05) is 19.1 Å². The maximum absolute atomic E-state index is 13.8. The van der Waals surface area contributed by atoms with E-state index in [1.807, 2.05) is 0 Å². The highest BCUT2D eigenvalue weighted by molar-refractivity contribution is 5.36. The summed E-state index contributed by atoms with van der Waals surface area (Å²) in [6.45, 7) is 1.75. The summed E-state index contributed by atoms with van der Waals surface area (Å²) < 4.78 is 32.1. The first-order chi connectivity index (χ1) is 9.52. The van der Waals surface area contributed by atoms with Gasteiger partial charge in [-0.25, -0.2) is 13.8 Å². The topological polar surface area (TPSA) is 38.2 Å². The summed E-state index contributed by atoms with van der Waals surface area (Å²) in [7, 11) is 3.21. The van der Waals surface area contributed by atoms with E-state index in [0.717, 1.165) is 12.1 Å². The predicted octanol–water partition coefficient (Wildman–Crippen LogP) is 2.96. The van der Waals surface area contributed by atoms with Gasteiger partial charge in [-0.2, -0.15) is 4.98 Å². The second-order valence-corrected chi connectivity index (χ2v) is 4.35. The van der Waals surface area contributed by atoms with Crippen LogP contribution in [0.2, 0.25) is 0 Å². The summed E-state index contributed by atoms with van der Waals surface area (Å²) in [5.41, 5.74) is 0.249. The molecule has 0 aliphatic carbocycles. The fraction of sp³-hybridized carbons (Fsp3) is 0.286. The number of rotatable bonds is 4. The lowest BCUT2D eigenvalue weighted by Gasteiger charge is -2.25. The SMILES string of the molecule is COc1ccnc(N(C)[C@H](C)c2cc(F)ccc2F)n1. The summed E-state index contributed by atoms with van der Waals surface area (Å²) in [6.07, 6.45) is 1.55. The monoisotopic (exact) mass is 279 g/mol. The number of halogens is 2. The highest BCUT2D eigenvalue weighted by Crippen LogP contribution is 2.26. The average Bonchev–Trinajstić information content (AvgIpc) is 2.48. The van der Waals surface area contributed by atoms with Gasteiger partial charge >= 0.3 is 0 Å². The zero-order valence-electron chi connectivity index (χ0n) is 11.5. The molecule has 20 heavy (non-hydrogen) atoms. The third-order valence-electron chi connectivity index (χ3n) is 3.13. The van der Waals surface area contributed by atoms with Crippen molar-refractivity contribution < 1.29 is 13.5 Å². The summed E-state index contributed by atoms with van der Waals surface area (Å²) >= 11 is 0. The molecule has 2 aromatic rings. The van der Waals surface area contributed by atoms with Crippen molar-refractivity contribution in [3.05, 3.63) is 47.7 Å². The molecule has 1 aromatic carbocycles. The Labute approximate surface area is 116 Å². The molecule has 0 N–H and O–H groups in total. The zero-order valence-corrected chi connectivity index (χ0v) is 11.5. The molecule has 0 radical (unpaired) electrons. The molecule has 0 aliphatic heterocycles. The van der Waals surface area contributed by atoms with Crippen molar-refractivity contribution in [2.45, 2.75) is 13.0 Å². The molecule has 6 heteroatoms. The summed E-state index contributed by atoms with van der Waals surface area (Å²) in [5.74, 6) is -0.156. The van der Waals surface area contributed by atoms with Crippen LogP contribution in [-0.4, -0.2) is 24.1 Å². The molecular formula is C14H15F2N3O. The van der Waals surface area contributed by atoms with Crippen LogP contribution in [0.1, 0.15) is 18.5 Å². The summed E-state index contributed by atoms with van der Waals surface area (Å²) in [6, 6.07) is 4.58. The molecule has 0 fully saturated rings. The van der Waals surface area contributed by atoms with Gasteiger partial charge in [-0.1, -0.05) is 0 Å². The first-order valence-electron chi connectivity index (χ1n) is 6.07. The molecule has 0 unspecified atom stereocenters. The minimum atomic E-state index is -0.479. The van der Waals surface area contributed by atoms with E-state index >= 15 is 0 Å². The molecule has 106 valence electrons. The Morgan fingerprint density at radius 2 is 2.00 bits per heavy atom. The van der Waals surface area contributed by atoms with Crippen LogP contribution in [-0.2, 0) is 0 Å². The molecule has 2 rings (SSSR count). The molecule has 0 spiro atoms. The number of anilines is 1. The van der Waals surface area contributed by atoms with E-state index in [2.05, 4.69) is 9.97 Å². The van der Waals surface area contributed by atoms with Gasteiger partial charge in [-0.05, 0) is 25.1 Å². The lowest BCUT2D eigenvalue weighted by atomic mass is 10.1. The smallest absolute Gasteiger partial charge is 0.228 e. The standard InChI is InChI=1S/C14H15F2N3O/c1-9(11-8-10(15)4-5-12(11)16)19(2)14-17-7-6-13(18-14)20-3/h4-9H,1-3H3/t9-/m1/s1.